The second kappa shape index (κ2) is 11.0. The van der Waals surface area contributed by atoms with Crippen molar-refractivity contribution in [2.45, 2.75) is 65.3 Å². The Morgan fingerprint density at radius 1 is 0.731 bits per heavy atom. The molecule has 1 atom stereocenters. The van der Waals surface area contributed by atoms with E-state index in [4.69, 9.17) is 18.8 Å². The number of H-pyrrole nitrogens is 1. The van der Waals surface area contributed by atoms with Gasteiger partial charge in [-0.3, -0.25) is 0 Å². The van der Waals surface area contributed by atoms with Crippen LogP contribution in [0.25, 0.3) is 71.6 Å². The van der Waals surface area contributed by atoms with Gasteiger partial charge >= 0.3 is 5.82 Å². The van der Waals surface area contributed by atoms with Crippen molar-refractivity contribution >= 4 is 60.4 Å². The standard InChI is InChI=1S/C45H40N4O3/c1-23(2)38-36-17-15-32(46-36)28-19-26(44(3,4)5)21-30-34-13-11-24-9-10-25-12-14-35(49-40(25)39(24)48-34)31-22-27(45(6,7)8)20-29(33-16-18-37(38)47-33)42(31)52-43(50)51-41(28)30/h9-22,32,46-47H,1H2,2-8H3/b38-36-. The van der Waals surface area contributed by atoms with E-state index in [1.807, 2.05) is 25.1 Å². The summed E-state index contributed by atoms with van der Waals surface area (Å²) in [5.74, 6) is -0.847. The number of fused-ring (bicyclic) bond motifs is 12. The number of hydrogen-bond donors (Lipinski definition) is 2. The Bertz CT molecular complexity index is 2900. The van der Waals surface area contributed by atoms with Crippen LogP contribution in [0.15, 0.2) is 116 Å². The number of nitrogens with one attached hydrogen (secondary N) is 2. The molecule has 0 radical (unpaired) electrons. The van der Waals surface area contributed by atoms with Gasteiger partial charge in [-0.25, -0.2) is 14.8 Å². The highest BCUT2D eigenvalue weighted by molar-refractivity contribution is 6.08. The van der Waals surface area contributed by atoms with Crippen molar-refractivity contribution in [1.29, 1.82) is 0 Å². The maximum absolute atomic E-state index is 14.4. The van der Waals surface area contributed by atoms with Crippen LogP contribution in [0.5, 0.6) is 0 Å². The number of rotatable bonds is 1. The molecule has 0 saturated carbocycles. The largest absolute Gasteiger partial charge is 0.519 e. The van der Waals surface area contributed by atoms with E-state index in [1.54, 1.807) is 0 Å². The maximum atomic E-state index is 14.4. The zero-order valence-corrected chi connectivity index (χ0v) is 30.5. The molecule has 2 aliphatic rings. The fourth-order valence-electron chi connectivity index (χ4n) is 7.53. The summed E-state index contributed by atoms with van der Waals surface area (Å²) in [6, 6.07) is 24.5. The highest BCUT2D eigenvalue weighted by atomic mass is 16.5. The van der Waals surface area contributed by atoms with Crippen LogP contribution in [-0.4, -0.2) is 15.0 Å². The van der Waals surface area contributed by atoms with E-state index in [2.05, 4.69) is 125 Å². The van der Waals surface area contributed by atoms with Crippen LogP contribution in [0.1, 0.15) is 76.9 Å². The zero-order chi connectivity index (χ0) is 36.3. The predicted octanol–water partition coefficient (Wildman–Crippen LogP) is 11.0. The van der Waals surface area contributed by atoms with Crippen LogP contribution >= 0.6 is 0 Å². The first-order valence-corrected chi connectivity index (χ1v) is 17.8. The minimum absolute atomic E-state index is 0.227. The van der Waals surface area contributed by atoms with Crippen LogP contribution in [0.4, 0.5) is 0 Å². The van der Waals surface area contributed by atoms with E-state index >= 15 is 0 Å². The van der Waals surface area contributed by atoms with Crippen LogP contribution in [0.3, 0.4) is 0 Å². The molecule has 1 unspecified atom stereocenters. The van der Waals surface area contributed by atoms with E-state index < -0.39 is 5.82 Å². The molecule has 3 aromatic carbocycles. The molecular weight excluding hydrogens is 645 g/mol. The summed E-state index contributed by atoms with van der Waals surface area (Å²) in [5, 5.41) is 7.05. The fourth-order valence-corrected chi connectivity index (χ4v) is 7.53. The van der Waals surface area contributed by atoms with Crippen LogP contribution < -0.4 is 11.1 Å². The van der Waals surface area contributed by atoms with Crippen molar-refractivity contribution < 1.29 is 8.83 Å². The minimum atomic E-state index is -0.847. The highest BCUT2D eigenvalue weighted by Gasteiger charge is 2.27. The average molecular weight is 685 g/mol. The Hall–Kier alpha value is -5.95. The third kappa shape index (κ3) is 5.06. The first-order valence-electron chi connectivity index (χ1n) is 17.8. The van der Waals surface area contributed by atoms with Crippen molar-refractivity contribution in [1.82, 2.24) is 20.3 Å². The van der Waals surface area contributed by atoms with Crippen LogP contribution in [0, 0.1) is 0 Å². The highest BCUT2D eigenvalue weighted by Crippen LogP contribution is 2.40. The first-order chi connectivity index (χ1) is 24.7. The van der Waals surface area contributed by atoms with Crippen molar-refractivity contribution in [3.63, 3.8) is 0 Å². The molecule has 52 heavy (non-hydrogen) atoms. The van der Waals surface area contributed by atoms with Gasteiger partial charge in [0.1, 0.15) is 5.58 Å². The molecule has 6 heterocycles. The summed E-state index contributed by atoms with van der Waals surface area (Å²) < 4.78 is 12.9. The lowest BCUT2D eigenvalue weighted by atomic mass is 9.84. The Kier molecular flexibility index (Phi) is 6.78. The van der Waals surface area contributed by atoms with Gasteiger partial charge in [0.25, 0.3) is 0 Å². The lowest BCUT2D eigenvalue weighted by Gasteiger charge is -2.23. The molecule has 0 aliphatic carbocycles. The van der Waals surface area contributed by atoms with E-state index in [9.17, 15) is 4.79 Å². The molecule has 2 aliphatic heterocycles. The van der Waals surface area contributed by atoms with Crippen molar-refractivity contribution in [3.05, 3.63) is 136 Å². The van der Waals surface area contributed by atoms with Gasteiger partial charge in [0.05, 0.1) is 28.1 Å². The third-order valence-electron chi connectivity index (χ3n) is 10.4. The number of pyridine rings is 2. The smallest absolute Gasteiger partial charge is 0.394 e. The Labute approximate surface area is 301 Å². The Morgan fingerprint density at radius 2 is 1.29 bits per heavy atom. The first kappa shape index (κ1) is 32.0. The number of benzene rings is 3. The van der Waals surface area contributed by atoms with E-state index in [0.29, 0.717) is 33.0 Å². The van der Waals surface area contributed by atoms with Crippen LogP contribution in [0.2, 0.25) is 0 Å². The van der Waals surface area contributed by atoms with E-state index in [1.165, 1.54) is 0 Å². The zero-order valence-electron chi connectivity index (χ0n) is 30.5. The topological polar surface area (TPSA) is 97.0 Å². The molecule has 0 fully saturated rings. The van der Waals surface area contributed by atoms with Gasteiger partial charge in [0.15, 0.2) is 5.58 Å². The molecule has 9 rings (SSSR count). The Balaban J connectivity index is 1.61. The van der Waals surface area contributed by atoms with Gasteiger partial charge in [-0.05, 0) is 89.1 Å². The van der Waals surface area contributed by atoms with Gasteiger partial charge in [-0.15, -0.1) is 0 Å². The summed E-state index contributed by atoms with van der Waals surface area (Å²) in [5.41, 5.74) is 11.3. The number of aromatic amines is 1. The van der Waals surface area contributed by atoms with Gasteiger partial charge in [0, 0.05) is 55.3 Å². The number of allylic oxidation sites excluding steroid dienone is 3. The minimum Gasteiger partial charge on any atom is -0.394 e. The predicted molar refractivity (Wildman–Crippen MR) is 212 cm³/mol. The van der Waals surface area contributed by atoms with Gasteiger partial charge in [-0.2, -0.15) is 0 Å². The third-order valence-corrected chi connectivity index (χ3v) is 10.4. The molecule has 258 valence electrons. The summed E-state index contributed by atoms with van der Waals surface area (Å²) >= 11 is 0. The molecule has 0 amide bonds. The molecular formula is C45H40N4O3. The van der Waals surface area contributed by atoms with E-state index in [0.717, 1.165) is 72.3 Å². The summed E-state index contributed by atoms with van der Waals surface area (Å²) in [7, 11) is 0. The monoisotopic (exact) mass is 684 g/mol. The molecule has 0 spiro atoms. The molecule has 7 aromatic rings. The number of aromatic nitrogens is 3. The number of nitrogens with zero attached hydrogens (tertiary/aromatic N) is 2. The molecule has 4 aromatic heterocycles. The maximum Gasteiger partial charge on any atom is 0.519 e. The molecule has 2 N–H and O–H groups in total. The molecule has 0 saturated heterocycles. The molecule has 7 heteroatoms. The van der Waals surface area contributed by atoms with Gasteiger partial charge in [0.2, 0.25) is 0 Å². The second-order valence-electron chi connectivity index (χ2n) is 16.2. The lowest BCUT2D eigenvalue weighted by Crippen LogP contribution is -2.17. The summed E-state index contributed by atoms with van der Waals surface area (Å²) in [4.78, 5) is 28.6. The van der Waals surface area contributed by atoms with Crippen molar-refractivity contribution in [3.8, 4) is 11.3 Å². The summed E-state index contributed by atoms with van der Waals surface area (Å²) in [6.07, 6.45) is 4.19. The Morgan fingerprint density at radius 3 is 1.90 bits per heavy atom. The van der Waals surface area contributed by atoms with Gasteiger partial charge in [-0.1, -0.05) is 78.5 Å². The van der Waals surface area contributed by atoms with Gasteiger partial charge < -0.3 is 19.1 Å². The van der Waals surface area contributed by atoms with E-state index in [-0.39, 0.29) is 16.9 Å². The molecule has 7 nitrogen and oxygen atoms in total. The fraction of sp³-hybridized carbons (Fsp3) is 0.222. The SMILES string of the molecule is C=C(C)/C1=C2\C=CC(N2)c2cc(C(C)(C)C)cc3c4ccc5ccc6ccc(nc6c5n4)c4cc(C(C)(C)C)cc(c4oc(=O)oc23)-c2ccc1[nH]2. The molecule has 10 bridgehead atoms. The normalized spacial score (nSPS) is 16.9. The quantitative estimate of drug-likeness (QED) is 0.167. The van der Waals surface area contributed by atoms with Crippen LogP contribution in [-0.2, 0) is 10.8 Å². The van der Waals surface area contributed by atoms with Crippen molar-refractivity contribution in [2.75, 3.05) is 0 Å². The average Bonchev–Trinajstić information content (AvgIpc) is 3.77. The lowest BCUT2D eigenvalue weighted by molar-refractivity contribution is 0.374. The second-order valence-corrected chi connectivity index (χ2v) is 16.2. The number of hydrogen-bond acceptors (Lipinski definition) is 6. The summed E-state index contributed by atoms with van der Waals surface area (Å²) in [6.45, 7) is 19.5. The van der Waals surface area contributed by atoms with Crippen molar-refractivity contribution in [2.24, 2.45) is 0 Å².